The van der Waals surface area contributed by atoms with Crippen LogP contribution in [0.25, 0.3) is 0 Å². The quantitative estimate of drug-likeness (QED) is 0.180. The van der Waals surface area contributed by atoms with Gasteiger partial charge in [-0.2, -0.15) is 5.90 Å². The zero-order chi connectivity index (χ0) is 24.1. The molecule has 1 atom stereocenters. The smallest absolute Gasteiger partial charge is 0.302 e. The molecule has 3 N–H and O–H groups in total. The molecular formula is C22H28N2O8S. The lowest BCUT2D eigenvalue weighted by atomic mass is 10.1. The second kappa shape index (κ2) is 14.2. The van der Waals surface area contributed by atoms with E-state index in [9.17, 15) is 9.59 Å². The second-order valence-electron chi connectivity index (χ2n) is 6.67. The number of carbonyl (C=O) groups excluding carboxylic acids is 2. The van der Waals surface area contributed by atoms with Crippen molar-refractivity contribution in [1.29, 1.82) is 0 Å². The Morgan fingerprint density at radius 2 is 1.82 bits per heavy atom. The van der Waals surface area contributed by atoms with Crippen LogP contribution in [0.3, 0.4) is 0 Å². The van der Waals surface area contributed by atoms with E-state index < -0.39 is 12.0 Å². The molecule has 0 aromatic heterocycles. The Morgan fingerprint density at radius 1 is 1.09 bits per heavy atom. The van der Waals surface area contributed by atoms with Crippen LogP contribution in [0.2, 0.25) is 0 Å². The van der Waals surface area contributed by atoms with Crippen molar-refractivity contribution in [3.63, 3.8) is 0 Å². The molecule has 0 aliphatic heterocycles. The highest BCUT2D eigenvalue weighted by Gasteiger charge is 2.17. The monoisotopic (exact) mass is 480 g/mol. The van der Waals surface area contributed by atoms with Crippen molar-refractivity contribution >= 4 is 23.9 Å². The topological polar surface area (TPSA) is 128 Å². The summed E-state index contributed by atoms with van der Waals surface area (Å²) in [5, 5.41) is 2.84. The molecule has 2 aromatic carbocycles. The Kier molecular flexibility index (Phi) is 11.3. The van der Waals surface area contributed by atoms with E-state index in [4.69, 9.17) is 29.2 Å². The molecular weight excluding hydrogens is 452 g/mol. The normalized spacial score (nSPS) is 11.4. The highest BCUT2D eigenvalue weighted by molar-refractivity contribution is 7.94. The maximum Gasteiger partial charge on any atom is 0.302 e. The van der Waals surface area contributed by atoms with E-state index in [1.165, 1.54) is 14.0 Å². The van der Waals surface area contributed by atoms with Gasteiger partial charge in [-0.3, -0.25) is 9.59 Å². The third-order valence-electron chi connectivity index (χ3n) is 4.23. The van der Waals surface area contributed by atoms with E-state index in [0.717, 1.165) is 17.6 Å². The fourth-order valence-electron chi connectivity index (χ4n) is 2.88. The molecule has 0 unspecified atom stereocenters. The minimum absolute atomic E-state index is 0.00643. The van der Waals surface area contributed by atoms with Gasteiger partial charge in [0.1, 0.15) is 12.4 Å². The molecule has 0 saturated heterocycles. The van der Waals surface area contributed by atoms with Crippen molar-refractivity contribution in [3.05, 3.63) is 48.0 Å². The molecule has 0 radical (unpaired) electrons. The number of nitrogens with two attached hydrogens (primary N) is 1. The molecule has 33 heavy (non-hydrogen) atoms. The Balaban J connectivity index is 2.05. The third kappa shape index (κ3) is 9.18. The summed E-state index contributed by atoms with van der Waals surface area (Å²) in [5.41, 5.74) is 0.832. The number of benzene rings is 2. The van der Waals surface area contributed by atoms with Gasteiger partial charge in [-0.1, -0.05) is 18.2 Å². The van der Waals surface area contributed by atoms with Crippen LogP contribution in [0, 0.1) is 0 Å². The first-order valence-corrected chi connectivity index (χ1v) is 10.8. The van der Waals surface area contributed by atoms with E-state index in [-0.39, 0.29) is 19.1 Å². The van der Waals surface area contributed by atoms with Crippen LogP contribution in [0.5, 0.6) is 17.2 Å². The molecule has 180 valence electrons. The summed E-state index contributed by atoms with van der Waals surface area (Å²) in [7, 11) is 1.52. The van der Waals surface area contributed by atoms with Crippen molar-refractivity contribution in [1.82, 2.24) is 5.32 Å². The second-order valence-corrected chi connectivity index (χ2v) is 7.41. The predicted octanol–water partition coefficient (Wildman–Crippen LogP) is 2.59. The Bertz CT molecular complexity index is 912. The summed E-state index contributed by atoms with van der Waals surface area (Å²) >= 11 is 0.879. The van der Waals surface area contributed by atoms with Gasteiger partial charge in [-0.15, -0.1) is 9.32 Å². The van der Waals surface area contributed by atoms with Crippen molar-refractivity contribution < 1.29 is 37.9 Å². The van der Waals surface area contributed by atoms with E-state index in [2.05, 4.69) is 10.3 Å². The number of para-hydroxylation sites is 2. The summed E-state index contributed by atoms with van der Waals surface area (Å²) in [4.78, 5) is 28.6. The van der Waals surface area contributed by atoms with E-state index in [1.807, 2.05) is 19.1 Å². The lowest BCUT2D eigenvalue weighted by Gasteiger charge is -2.20. The minimum Gasteiger partial charge on any atom is -0.495 e. The summed E-state index contributed by atoms with van der Waals surface area (Å²) in [6.45, 7) is 3.40. The zero-order valence-electron chi connectivity index (χ0n) is 18.7. The molecule has 0 bridgehead atoms. The highest BCUT2D eigenvalue weighted by atomic mass is 32.2. The van der Waals surface area contributed by atoms with Crippen LogP contribution in [0.1, 0.15) is 19.4 Å². The van der Waals surface area contributed by atoms with Gasteiger partial charge in [0.15, 0.2) is 18.1 Å². The first kappa shape index (κ1) is 26.3. The average molecular weight is 481 g/mol. The number of ether oxygens (including phenoxy) is 4. The zero-order valence-corrected chi connectivity index (χ0v) is 19.5. The van der Waals surface area contributed by atoms with Crippen LogP contribution in [0.4, 0.5) is 0 Å². The van der Waals surface area contributed by atoms with Gasteiger partial charge in [0, 0.05) is 6.92 Å². The molecule has 0 aliphatic carbocycles. The van der Waals surface area contributed by atoms with Crippen LogP contribution in [-0.4, -0.2) is 44.8 Å². The number of carbonyl (C=O) groups is 2. The molecule has 0 spiro atoms. The van der Waals surface area contributed by atoms with E-state index in [1.54, 1.807) is 30.3 Å². The molecule has 0 aliphatic rings. The SMILES string of the molecule is CCOc1ccccc1OCC(=O)N[C@H](COC(C)=O)Cc1ccc(OC)c(SOON)c1. The maximum atomic E-state index is 12.5. The average Bonchev–Trinajstić information content (AvgIpc) is 2.81. The van der Waals surface area contributed by atoms with Gasteiger partial charge < -0.3 is 24.3 Å². The fourth-order valence-corrected chi connectivity index (χ4v) is 3.43. The minimum atomic E-state index is -0.495. The number of nitrogens with one attached hydrogen (secondary N) is 1. The van der Waals surface area contributed by atoms with Gasteiger partial charge in [0.2, 0.25) is 0 Å². The standard InChI is InChI=1S/C22H28N2O8S/c1-4-28-18-7-5-6-8-19(18)30-14-22(26)24-17(13-29-15(2)25)11-16-9-10-20(27-3)21(12-16)33-32-31-23/h5-10,12,17H,4,11,13-14,23H2,1-3H3,(H,24,26)/t17-/m0/s1. The van der Waals surface area contributed by atoms with Gasteiger partial charge in [0.05, 0.1) is 36.7 Å². The largest absolute Gasteiger partial charge is 0.495 e. The van der Waals surface area contributed by atoms with Crippen LogP contribution in [0.15, 0.2) is 47.4 Å². The van der Waals surface area contributed by atoms with Gasteiger partial charge >= 0.3 is 5.97 Å². The Hall–Kier alpha value is -2.99. The number of methoxy groups -OCH3 is 1. The number of amides is 1. The number of rotatable bonds is 14. The molecule has 1 amide bonds. The predicted molar refractivity (Wildman–Crippen MR) is 121 cm³/mol. The number of esters is 1. The van der Waals surface area contributed by atoms with Crippen molar-refractivity contribution in [3.8, 4) is 17.2 Å². The van der Waals surface area contributed by atoms with Crippen molar-refractivity contribution in [2.24, 2.45) is 5.90 Å². The van der Waals surface area contributed by atoms with Crippen LogP contribution >= 0.6 is 12.0 Å². The third-order valence-corrected chi connectivity index (χ3v) is 4.88. The summed E-state index contributed by atoms with van der Waals surface area (Å²) in [5.74, 6) is 5.66. The number of hydrogen-bond donors (Lipinski definition) is 2. The van der Waals surface area contributed by atoms with Crippen LogP contribution in [-0.2, 0) is 30.1 Å². The lowest BCUT2D eigenvalue weighted by Crippen LogP contribution is -2.42. The molecule has 10 nitrogen and oxygen atoms in total. The molecule has 0 heterocycles. The Morgan fingerprint density at radius 3 is 2.45 bits per heavy atom. The maximum absolute atomic E-state index is 12.5. The van der Waals surface area contributed by atoms with E-state index in [0.29, 0.717) is 35.2 Å². The van der Waals surface area contributed by atoms with Crippen LogP contribution < -0.4 is 25.4 Å². The van der Waals surface area contributed by atoms with Crippen molar-refractivity contribution in [2.75, 3.05) is 26.9 Å². The Labute approximate surface area is 196 Å². The molecule has 2 rings (SSSR count). The molecule has 0 fully saturated rings. The fraction of sp³-hybridized carbons (Fsp3) is 0.364. The van der Waals surface area contributed by atoms with Crippen molar-refractivity contribution in [2.45, 2.75) is 31.2 Å². The highest BCUT2D eigenvalue weighted by Crippen LogP contribution is 2.31. The molecule has 11 heteroatoms. The first-order chi connectivity index (χ1) is 16.0. The molecule has 0 saturated carbocycles. The lowest BCUT2D eigenvalue weighted by molar-refractivity contribution is -0.195. The summed E-state index contributed by atoms with van der Waals surface area (Å²) in [6.07, 6.45) is 0.371. The number of hydrogen-bond acceptors (Lipinski definition) is 10. The summed E-state index contributed by atoms with van der Waals surface area (Å²) in [6, 6.07) is 12.0. The van der Waals surface area contributed by atoms with E-state index >= 15 is 0 Å². The van der Waals surface area contributed by atoms with Gasteiger partial charge in [0.25, 0.3) is 5.91 Å². The van der Waals surface area contributed by atoms with Gasteiger partial charge in [-0.05, 0) is 43.2 Å². The first-order valence-electron chi connectivity index (χ1n) is 10.1. The summed E-state index contributed by atoms with van der Waals surface area (Å²) < 4.78 is 26.2. The van der Waals surface area contributed by atoms with Gasteiger partial charge in [-0.25, -0.2) is 0 Å². The molecule has 2 aromatic rings.